The summed E-state index contributed by atoms with van der Waals surface area (Å²) in [6.07, 6.45) is 1.07. The number of nitrogens with one attached hydrogen (secondary N) is 1. The fourth-order valence-corrected chi connectivity index (χ4v) is 2.28. The monoisotopic (exact) mass is 296 g/mol. The van der Waals surface area contributed by atoms with Gasteiger partial charge in [-0.05, 0) is 43.5 Å². The van der Waals surface area contributed by atoms with Crippen molar-refractivity contribution in [2.24, 2.45) is 11.7 Å². The summed E-state index contributed by atoms with van der Waals surface area (Å²) in [5.74, 6) is 0.598. The molecule has 0 spiro atoms. The Bertz CT molecular complexity index is 448. The van der Waals surface area contributed by atoms with Crippen LogP contribution in [0.1, 0.15) is 33.6 Å². The Morgan fingerprint density at radius 3 is 2.52 bits per heavy atom. The third kappa shape index (κ3) is 6.58. The molecule has 1 rings (SSSR count). The number of nitrogens with two attached hydrogens (primary N) is 1. The van der Waals surface area contributed by atoms with Gasteiger partial charge in [-0.25, -0.2) is 4.39 Å². The smallest absolute Gasteiger partial charge is 0.223 e. The van der Waals surface area contributed by atoms with Crippen LogP contribution in [0.25, 0.3) is 0 Å². The van der Waals surface area contributed by atoms with Crippen LogP contribution in [0.4, 0.5) is 4.39 Å². The highest BCUT2D eigenvalue weighted by Gasteiger charge is 2.25. The number of ether oxygens (including phenoxy) is 1. The lowest BCUT2D eigenvalue weighted by Gasteiger charge is -2.31. The molecule has 0 aromatic heterocycles. The van der Waals surface area contributed by atoms with Gasteiger partial charge >= 0.3 is 0 Å². The highest BCUT2D eigenvalue weighted by Crippen LogP contribution is 2.15. The number of halogens is 1. The fourth-order valence-electron chi connectivity index (χ4n) is 2.28. The van der Waals surface area contributed by atoms with E-state index in [1.807, 2.05) is 6.92 Å². The molecule has 4 nitrogen and oxygen atoms in total. The Labute approximate surface area is 125 Å². The van der Waals surface area contributed by atoms with Crippen LogP contribution in [0.3, 0.4) is 0 Å². The zero-order chi connectivity index (χ0) is 15.9. The van der Waals surface area contributed by atoms with Crippen molar-refractivity contribution in [3.05, 3.63) is 30.1 Å². The van der Waals surface area contributed by atoms with Crippen molar-refractivity contribution in [2.45, 2.75) is 39.2 Å². The van der Waals surface area contributed by atoms with Crippen molar-refractivity contribution < 1.29 is 13.9 Å². The minimum atomic E-state index is -0.388. The van der Waals surface area contributed by atoms with Gasteiger partial charge in [0.25, 0.3) is 0 Å². The summed E-state index contributed by atoms with van der Waals surface area (Å²) in [4.78, 5) is 11.9. The summed E-state index contributed by atoms with van der Waals surface area (Å²) in [7, 11) is 0. The van der Waals surface area contributed by atoms with E-state index in [1.54, 1.807) is 0 Å². The second kappa shape index (κ2) is 7.98. The lowest BCUT2D eigenvalue weighted by molar-refractivity contribution is -0.123. The molecule has 3 N–H and O–H groups in total. The van der Waals surface area contributed by atoms with E-state index < -0.39 is 0 Å². The van der Waals surface area contributed by atoms with Crippen molar-refractivity contribution in [3.8, 4) is 5.75 Å². The average molecular weight is 296 g/mol. The van der Waals surface area contributed by atoms with Gasteiger partial charge < -0.3 is 15.8 Å². The molecular weight excluding hydrogens is 271 g/mol. The molecule has 1 atom stereocenters. The number of hydrogen-bond donors (Lipinski definition) is 2. The Kier molecular flexibility index (Phi) is 6.62. The molecule has 0 saturated carbocycles. The van der Waals surface area contributed by atoms with E-state index in [9.17, 15) is 9.18 Å². The van der Waals surface area contributed by atoms with Gasteiger partial charge in [0.15, 0.2) is 0 Å². The number of benzene rings is 1. The molecule has 5 heteroatoms. The van der Waals surface area contributed by atoms with Gasteiger partial charge in [0, 0.05) is 12.1 Å². The molecule has 1 aromatic rings. The molecule has 1 unspecified atom stereocenters. The molecule has 0 bridgehead atoms. The number of amides is 1. The van der Waals surface area contributed by atoms with E-state index in [4.69, 9.17) is 10.5 Å². The van der Waals surface area contributed by atoms with E-state index in [0.717, 1.165) is 6.42 Å². The first-order chi connectivity index (χ1) is 9.84. The second-order valence-corrected chi connectivity index (χ2v) is 5.96. The maximum absolute atomic E-state index is 12.7. The molecule has 0 saturated heterocycles. The maximum atomic E-state index is 12.7. The van der Waals surface area contributed by atoms with Crippen LogP contribution in [0, 0.1) is 11.7 Å². The Balaban J connectivity index is 2.37. The van der Waals surface area contributed by atoms with Crippen LogP contribution >= 0.6 is 0 Å². The largest absolute Gasteiger partial charge is 0.493 e. The van der Waals surface area contributed by atoms with Gasteiger partial charge in [-0.2, -0.15) is 0 Å². The lowest BCUT2D eigenvalue weighted by atomic mass is 9.90. The molecule has 0 aliphatic rings. The molecule has 21 heavy (non-hydrogen) atoms. The van der Waals surface area contributed by atoms with E-state index in [0.29, 0.717) is 18.2 Å². The van der Waals surface area contributed by atoms with Crippen LogP contribution in [-0.2, 0) is 4.79 Å². The molecule has 118 valence electrons. The Morgan fingerprint density at radius 1 is 1.38 bits per heavy atom. The normalized spacial score (nSPS) is 13.8. The summed E-state index contributed by atoms with van der Waals surface area (Å²) in [5.41, 5.74) is 5.37. The van der Waals surface area contributed by atoms with E-state index in [-0.39, 0.29) is 30.3 Å². The number of carbonyl (C=O) groups is 1. The van der Waals surface area contributed by atoms with Gasteiger partial charge in [0.1, 0.15) is 11.6 Å². The number of hydrogen-bond acceptors (Lipinski definition) is 3. The van der Waals surface area contributed by atoms with E-state index >= 15 is 0 Å². The van der Waals surface area contributed by atoms with Crippen molar-refractivity contribution >= 4 is 5.91 Å². The van der Waals surface area contributed by atoms with Gasteiger partial charge in [-0.1, -0.05) is 13.8 Å². The van der Waals surface area contributed by atoms with Crippen LogP contribution in [0.5, 0.6) is 5.75 Å². The van der Waals surface area contributed by atoms with Crippen LogP contribution < -0.4 is 15.8 Å². The first-order valence-corrected chi connectivity index (χ1v) is 7.24. The average Bonchev–Trinajstić information content (AvgIpc) is 2.40. The highest BCUT2D eigenvalue weighted by molar-refractivity contribution is 5.76. The summed E-state index contributed by atoms with van der Waals surface area (Å²) >= 11 is 0. The summed E-state index contributed by atoms with van der Waals surface area (Å²) in [5, 5.41) is 2.97. The van der Waals surface area contributed by atoms with Crippen LogP contribution in [-0.4, -0.2) is 24.6 Å². The summed E-state index contributed by atoms with van der Waals surface area (Å²) < 4.78 is 18.1. The molecule has 0 aliphatic heterocycles. The molecule has 1 aromatic carbocycles. The minimum Gasteiger partial charge on any atom is -0.493 e. The summed E-state index contributed by atoms with van der Waals surface area (Å²) in [6, 6.07) is 5.72. The SMILES string of the molecule is CC(C)CC(C)(CN)NC(=O)CCOc1ccc(F)cc1. The third-order valence-corrected chi connectivity index (χ3v) is 3.16. The Hall–Kier alpha value is -1.62. The Morgan fingerprint density at radius 2 is 2.00 bits per heavy atom. The molecule has 1 amide bonds. The van der Waals surface area contributed by atoms with E-state index in [1.165, 1.54) is 24.3 Å². The second-order valence-electron chi connectivity index (χ2n) is 5.96. The zero-order valence-electron chi connectivity index (χ0n) is 13.0. The van der Waals surface area contributed by atoms with Crippen molar-refractivity contribution in [1.29, 1.82) is 0 Å². The van der Waals surface area contributed by atoms with Gasteiger partial charge in [-0.3, -0.25) is 4.79 Å². The van der Waals surface area contributed by atoms with Gasteiger partial charge in [0.05, 0.1) is 13.0 Å². The molecule has 0 fully saturated rings. The fraction of sp³-hybridized carbons (Fsp3) is 0.562. The van der Waals surface area contributed by atoms with Crippen molar-refractivity contribution in [3.63, 3.8) is 0 Å². The zero-order valence-corrected chi connectivity index (χ0v) is 13.0. The maximum Gasteiger partial charge on any atom is 0.223 e. The van der Waals surface area contributed by atoms with E-state index in [2.05, 4.69) is 19.2 Å². The molecule has 0 heterocycles. The van der Waals surface area contributed by atoms with Crippen LogP contribution in [0.2, 0.25) is 0 Å². The summed E-state index contributed by atoms with van der Waals surface area (Å²) in [6.45, 7) is 6.79. The van der Waals surface area contributed by atoms with Crippen molar-refractivity contribution in [2.75, 3.05) is 13.2 Å². The van der Waals surface area contributed by atoms with Gasteiger partial charge in [0.2, 0.25) is 5.91 Å². The third-order valence-electron chi connectivity index (χ3n) is 3.16. The number of rotatable bonds is 8. The predicted octanol–water partition coefficient (Wildman–Crippen LogP) is 2.47. The topological polar surface area (TPSA) is 64.3 Å². The standard InChI is InChI=1S/C16H25FN2O2/c1-12(2)10-16(3,11-18)19-15(20)8-9-21-14-6-4-13(17)5-7-14/h4-7,12H,8-11,18H2,1-3H3,(H,19,20). The molecular formula is C16H25FN2O2. The quantitative estimate of drug-likeness (QED) is 0.774. The first kappa shape index (κ1) is 17.4. The molecule has 0 radical (unpaired) electrons. The lowest BCUT2D eigenvalue weighted by Crippen LogP contribution is -2.52. The number of carbonyl (C=O) groups excluding carboxylic acids is 1. The minimum absolute atomic E-state index is 0.0919. The van der Waals surface area contributed by atoms with Crippen LogP contribution in [0.15, 0.2) is 24.3 Å². The highest BCUT2D eigenvalue weighted by atomic mass is 19.1. The molecule has 0 aliphatic carbocycles. The van der Waals surface area contributed by atoms with Crippen molar-refractivity contribution in [1.82, 2.24) is 5.32 Å². The van der Waals surface area contributed by atoms with Gasteiger partial charge in [-0.15, -0.1) is 0 Å². The first-order valence-electron chi connectivity index (χ1n) is 7.24. The predicted molar refractivity (Wildman–Crippen MR) is 81.6 cm³/mol.